The van der Waals surface area contributed by atoms with Crippen LogP contribution in [0.25, 0.3) is 10.4 Å². The summed E-state index contributed by atoms with van der Waals surface area (Å²) in [5.41, 5.74) is 1.28. The van der Waals surface area contributed by atoms with Gasteiger partial charge in [0.1, 0.15) is 0 Å². The minimum absolute atomic E-state index is 1.16. The molecule has 11 heavy (non-hydrogen) atoms. The smallest absolute Gasteiger partial charge is 0.0353 e. The first-order chi connectivity index (χ1) is 5.38. The second-order valence-corrected chi connectivity index (χ2v) is 4.18. The van der Waals surface area contributed by atoms with Crippen molar-refractivity contribution in [1.29, 1.82) is 0 Å². The lowest BCUT2D eigenvalue weighted by Gasteiger charge is -1.91. The summed E-state index contributed by atoms with van der Waals surface area (Å²) < 4.78 is 0. The zero-order chi connectivity index (χ0) is 7.68. The van der Waals surface area contributed by atoms with E-state index in [-0.39, 0.29) is 0 Å². The molecule has 0 atom stereocenters. The molecule has 0 nitrogen and oxygen atoms in total. The molecule has 0 amide bonds. The molecule has 0 aliphatic carbocycles. The fourth-order valence-corrected chi connectivity index (χ4v) is 2.51. The van der Waals surface area contributed by atoms with E-state index >= 15 is 0 Å². The highest BCUT2D eigenvalue weighted by Crippen LogP contribution is 2.30. The molecule has 0 aromatic carbocycles. The largest absolute Gasteiger partial charge is 0.148 e. The summed E-state index contributed by atoms with van der Waals surface area (Å²) in [5, 5.41) is 4.17. The summed E-state index contributed by atoms with van der Waals surface area (Å²) in [5.74, 6) is 0. The molecule has 2 heterocycles. The molecule has 1 radical (unpaired) electrons. The van der Waals surface area contributed by atoms with E-state index in [0.717, 1.165) is 4.88 Å². The van der Waals surface area contributed by atoms with Crippen molar-refractivity contribution in [3.05, 3.63) is 40.8 Å². The molecule has 0 spiro atoms. The Hall–Kier alpha value is -0.600. The van der Waals surface area contributed by atoms with Gasteiger partial charge in [-0.1, -0.05) is 6.07 Å². The molecule has 0 N–H and O–H groups in total. The Balaban J connectivity index is 2.53. The SMILES string of the molecule is [CH2]c1sccc1-c1cccs1. The van der Waals surface area contributed by atoms with E-state index in [9.17, 15) is 0 Å². The van der Waals surface area contributed by atoms with Crippen LogP contribution in [0.2, 0.25) is 0 Å². The summed E-state index contributed by atoms with van der Waals surface area (Å²) in [6.07, 6.45) is 0. The first kappa shape index (κ1) is 7.07. The first-order valence-corrected chi connectivity index (χ1v) is 5.07. The fourth-order valence-electron chi connectivity index (χ4n) is 0.992. The normalized spacial score (nSPS) is 10.3. The Bertz CT molecular complexity index is 330. The van der Waals surface area contributed by atoms with E-state index in [0.29, 0.717) is 0 Å². The lowest BCUT2D eigenvalue weighted by molar-refractivity contribution is 1.82. The summed E-state index contributed by atoms with van der Waals surface area (Å²) >= 11 is 3.46. The van der Waals surface area contributed by atoms with E-state index in [1.165, 1.54) is 10.4 Å². The Kier molecular flexibility index (Phi) is 1.80. The summed E-state index contributed by atoms with van der Waals surface area (Å²) in [4.78, 5) is 2.48. The monoisotopic (exact) mass is 179 g/mol. The van der Waals surface area contributed by atoms with Crippen molar-refractivity contribution in [2.45, 2.75) is 0 Å². The van der Waals surface area contributed by atoms with Crippen LogP contribution in [0.15, 0.2) is 29.0 Å². The molecule has 0 saturated heterocycles. The van der Waals surface area contributed by atoms with Crippen LogP contribution in [-0.4, -0.2) is 0 Å². The topological polar surface area (TPSA) is 0 Å². The molecule has 2 aromatic heterocycles. The average Bonchev–Trinajstić information content (AvgIpc) is 2.55. The number of thiophene rings is 2. The van der Waals surface area contributed by atoms with Gasteiger partial charge in [0.05, 0.1) is 0 Å². The highest BCUT2D eigenvalue weighted by Gasteiger charge is 2.01. The van der Waals surface area contributed by atoms with Crippen LogP contribution < -0.4 is 0 Å². The molecule has 0 unspecified atom stereocenters. The minimum atomic E-state index is 1.16. The molecule has 55 valence electrons. The maximum absolute atomic E-state index is 3.96. The molecule has 0 bridgehead atoms. The van der Waals surface area contributed by atoms with Crippen molar-refractivity contribution in [1.82, 2.24) is 0 Å². The van der Waals surface area contributed by atoms with E-state index in [1.807, 2.05) is 0 Å². The highest BCUT2D eigenvalue weighted by atomic mass is 32.1. The molecule has 0 aliphatic rings. The van der Waals surface area contributed by atoms with Gasteiger partial charge in [0.25, 0.3) is 0 Å². The van der Waals surface area contributed by atoms with Gasteiger partial charge in [-0.25, -0.2) is 0 Å². The molecule has 2 heteroatoms. The van der Waals surface area contributed by atoms with Crippen molar-refractivity contribution in [3.8, 4) is 10.4 Å². The van der Waals surface area contributed by atoms with Crippen molar-refractivity contribution in [2.75, 3.05) is 0 Å². The van der Waals surface area contributed by atoms with Gasteiger partial charge in [-0.15, -0.1) is 22.7 Å². The van der Waals surface area contributed by atoms with Crippen LogP contribution in [0.1, 0.15) is 4.88 Å². The van der Waals surface area contributed by atoms with Crippen LogP contribution in [0, 0.1) is 6.92 Å². The second-order valence-electron chi connectivity index (χ2n) is 2.23. The summed E-state index contributed by atoms with van der Waals surface area (Å²) in [6.45, 7) is 3.96. The Morgan fingerprint density at radius 1 is 1.09 bits per heavy atom. The molecule has 2 aromatic rings. The van der Waals surface area contributed by atoms with Crippen molar-refractivity contribution >= 4 is 22.7 Å². The van der Waals surface area contributed by atoms with Crippen LogP contribution >= 0.6 is 22.7 Å². The number of hydrogen-bond acceptors (Lipinski definition) is 2. The Morgan fingerprint density at radius 3 is 2.55 bits per heavy atom. The standard InChI is InChI=1S/C9H7S2/c1-7-8(4-6-10-7)9-3-2-5-11-9/h2-6H,1H2. The van der Waals surface area contributed by atoms with Gasteiger partial charge in [-0.05, 0) is 29.8 Å². The lowest BCUT2D eigenvalue weighted by atomic mass is 10.2. The molecule has 0 fully saturated rings. The Morgan fingerprint density at radius 2 is 2.00 bits per heavy atom. The maximum Gasteiger partial charge on any atom is 0.0353 e. The van der Waals surface area contributed by atoms with E-state index in [2.05, 4.69) is 35.9 Å². The van der Waals surface area contributed by atoms with Crippen LogP contribution in [0.3, 0.4) is 0 Å². The van der Waals surface area contributed by atoms with Crippen molar-refractivity contribution < 1.29 is 0 Å². The average molecular weight is 179 g/mol. The van der Waals surface area contributed by atoms with Gasteiger partial charge in [-0.3, -0.25) is 0 Å². The second kappa shape index (κ2) is 2.80. The van der Waals surface area contributed by atoms with Gasteiger partial charge in [0, 0.05) is 15.3 Å². The van der Waals surface area contributed by atoms with Crippen molar-refractivity contribution in [2.24, 2.45) is 0 Å². The van der Waals surface area contributed by atoms with E-state index in [1.54, 1.807) is 22.7 Å². The van der Waals surface area contributed by atoms with E-state index < -0.39 is 0 Å². The minimum Gasteiger partial charge on any atom is -0.148 e. The molecular weight excluding hydrogens is 172 g/mol. The highest BCUT2D eigenvalue weighted by molar-refractivity contribution is 7.14. The van der Waals surface area contributed by atoms with Crippen LogP contribution in [0.4, 0.5) is 0 Å². The van der Waals surface area contributed by atoms with Gasteiger partial charge >= 0.3 is 0 Å². The first-order valence-electron chi connectivity index (χ1n) is 3.31. The van der Waals surface area contributed by atoms with Gasteiger partial charge in [0.15, 0.2) is 0 Å². The fraction of sp³-hybridized carbons (Fsp3) is 0. The third kappa shape index (κ3) is 1.24. The molecule has 0 aliphatic heterocycles. The van der Waals surface area contributed by atoms with E-state index in [4.69, 9.17) is 0 Å². The molecule has 2 rings (SSSR count). The zero-order valence-corrected chi connectivity index (χ0v) is 7.54. The predicted octanol–water partition coefficient (Wildman–Crippen LogP) is 3.66. The zero-order valence-electron chi connectivity index (χ0n) is 5.91. The third-order valence-corrected chi connectivity index (χ3v) is 3.21. The van der Waals surface area contributed by atoms with Gasteiger partial charge in [-0.2, -0.15) is 0 Å². The van der Waals surface area contributed by atoms with Gasteiger partial charge in [0.2, 0.25) is 0 Å². The number of rotatable bonds is 1. The quantitative estimate of drug-likeness (QED) is 0.626. The summed E-state index contributed by atoms with van der Waals surface area (Å²) in [7, 11) is 0. The third-order valence-electron chi connectivity index (χ3n) is 1.53. The van der Waals surface area contributed by atoms with Gasteiger partial charge < -0.3 is 0 Å². The maximum atomic E-state index is 3.96. The lowest BCUT2D eigenvalue weighted by Crippen LogP contribution is -1.66. The van der Waals surface area contributed by atoms with Crippen LogP contribution in [-0.2, 0) is 0 Å². The predicted molar refractivity (Wildman–Crippen MR) is 52.1 cm³/mol. The summed E-state index contributed by atoms with van der Waals surface area (Å²) in [6, 6.07) is 6.32. The number of hydrogen-bond donors (Lipinski definition) is 0. The Labute approximate surface area is 74.1 Å². The van der Waals surface area contributed by atoms with Crippen LogP contribution in [0.5, 0.6) is 0 Å². The van der Waals surface area contributed by atoms with Crippen molar-refractivity contribution in [3.63, 3.8) is 0 Å². The molecule has 0 saturated carbocycles. The molecular formula is C9H7S2.